The van der Waals surface area contributed by atoms with Gasteiger partial charge in [-0.2, -0.15) is 0 Å². The molecule has 17 nitrogen and oxygen atoms in total. The van der Waals surface area contributed by atoms with Crippen molar-refractivity contribution in [2.45, 2.75) is 290 Å². The van der Waals surface area contributed by atoms with Crippen LogP contribution in [0, 0.1) is 0 Å². The largest absolute Gasteiger partial charge is 0.472 e. The van der Waals surface area contributed by atoms with Crippen molar-refractivity contribution in [3.63, 3.8) is 0 Å². The van der Waals surface area contributed by atoms with E-state index in [1.165, 1.54) is 44.9 Å². The summed E-state index contributed by atoms with van der Waals surface area (Å²) < 4.78 is 68.4. The molecule has 5 atom stereocenters. The van der Waals surface area contributed by atoms with Crippen molar-refractivity contribution >= 4 is 39.5 Å². The van der Waals surface area contributed by atoms with Gasteiger partial charge in [-0.05, 0) is 167 Å². The van der Waals surface area contributed by atoms with Crippen LogP contribution in [0.15, 0.2) is 219 Å². The molecule has 0 aliphatic heterocycles. The summed E-state index contributed by atoms with van der Waals surface area (Å²) in [6.07, 6.45) is 102. The fourth-order valence-electron chi connectivity index (χ4n) is 9.78. The first kappa shape index (κ1) is 103. The summed E-state index contributed by atoms with van der Waals surface area (Å²) in [6, 6.07) is 0. The van der Waals surface area contributed by atoms with E-state index in [-0.39, 0.29) is 25.7 Å². The number of carbonyl (C=O) groups excluding carboxylic acids is 4. The quantitative estimate of drug-likeness (QED) is 0.0169. The number of allylic oxidation sites excluding steroid dienone is 36. The standard InChI is InChI=1S/C91H142O17P2/c1-5-9-13-17-21-25-29-33-36-39-42-45-48-52-56-60-64-68-72-76-89(94)102-82-87(108-91(96)78-74-70-66-62-58-54-50-47-44-41-38-35-31-27-23-19-15-11-7-3)84-106-110(99,100)104-80-85(92)79-103-109(97,98)105-83-86(81-101-88(93)75-71-67-63-59-55-51-32-28-24-20-16-12-8-4)107-90(95)77-73-69-65-61-57-53-49-46-43-40-37-34-30-26-22-18-14-10-6-2/h9,11,13,15,21-23,25-28,32-38,42-47,52-54,56-58,64-66,68-70,85-87,92H,5-8,10,12,14,16-20,24,29-31,39-41,48-51,55,59-63,67,71-84H2,1-4H3,(H,97,98)(H,99,100)/b13-9-,15-11-,25-21-,26-22-,27-23-,32-28-,36-33-,37-34-,38-35-,45-42-,46-43-,47-44-,56-52-,57-53-,58-54-,68-64-,69-65-,70-66-/t85-,86+,87+/m0/s1. The molecular weight excluding hydrogens is 1430 g/mol. The number of hydrogen-bond acceptors (Lipinski definition) is 15. The molecule has 0 aromatic rings. The summed E-state index contributed by atoms with van der Waals surface area (Å²) in [5.41, 5.74) is 0. The van der Waals surface area contributed by atoms with Gasteiger partial charge >= 0.3 is 39.5 Å². The fourth-order valence-corrected chi connectivity index (χ4v) is 11.4. The summed E-state index contributed by atoms with van der Waals surface area (Å²) in [5, 5.41) is 10.7. The minimum absolute atomic E-state index is 0.00852. The molecule has 19 heteroatoms. The Morgan fingerprint density at radius 1 is 0.264 bits per heavy atom. The first-order valence-electron chi connectivity index (χ1n) is 41.0. The lowest BCUT2D eigenvalue weighted by Crippen LogP contribution is -2.30. The molecule has 0 aromatic heterocycles. The topological polar surface area (TPSA) is 237 Å². The van der Waals surface area contributed by atoms with E-state index in [0.29, 0.717) is 44.9 Å². The van der Waals surface area contributed by atoms with Gasteiger partial charge in [-0.3, -0.25) is 37.3 Å². The molecule has 0 aromatic carbocycles. The zero-order valence-corrected chi connectivity index (χ0v) is 69.4. The van der Waals surface area contributed by atoms with Crippen LogP contribution in [0.5, 0.6) is 0 Å². The van der Waals surface area contributed by atoms with Crippen LogP contribution in [-0.2, 0) is 65.4 Å². The number of rotatable bonds is 74. The predicted octanol–water partition coefficient (Wildman–Crippen LogP) is 24.4. The number of carbonyl (C=O) groups is 4. The second kappa shape index (κ2) is 80.4. The number of phosphoric ester groups is 2. The summed E-state index contributed by atoms with van der Waals surface area (Å²) in [5.74, 6) is -2.51. The van der Waals surface area contributed by atoms with Crippen LogP contribution in [0.1, 0.15) is 272 Å². The molecule has 0 amide bonds. The number of hydrogen-bond donors (Lipinski definition) is 3. The minimum Gasteiger partial charge on any atom is -0.462 e. The number of aliphatic hydroxyl groups excluding tert-OH is 1. The maximum absolute atomic E-state index is 13.1. The summed E-state index contributed by atoms with van der Waals surface area (Å²) >= 11 is 0. The fraction of sp³-hybridized carbons (Fsp3) is 0.560. The molecule has 0 saturated heterocycles. The molecule has 110 heavy (non-hydrogen) atoms. The van der Waals surface area contributed by atoms with Gasteiger partial charge in [0, 0.05) is 25.7 Å². The second-order valence-corrected chi connectivity index (χ2v) is 29.1. The summed E-state index contributed by atoms with van der Waals surface area (Å²) in [7, 11) is -10.1. The Balaban J connectivity index is 5.61. The van der Waals surface area contributed by atoms with E-state index < -0.39 is 97.5 Å². The lowest BCUT2D eigenvalue weighted by molar-refractivity contribution is -0.161. The van der Waals surface area contributed by atoms with Crippen molar-refractivity contribution in [3.8, 4) is 0 Å². The second-order valence-electron chi connectivity index (χ2n) is 26.2. The Labute approximate surface area is 664 Å². The van der Waals surface area contributed by atoms with E-state index in [1.54, 1.807) is 0 Å². The lowest BCUT2D eigenvalue weighted by Gasteiger charge is -2.21. The van der Waals surface area contributed by atoms with Crippen molar-refractivity contribution < 1.29 is 80.2 Å². The SMILES string of the molecule is CC/C=C\C/C=C\C/C=C\C/C=C\C/C=C\C/C=C\CCC(=O)OC[C@H](COP(=O)(O)OC[C@@H](O)COP(=O)(O)OC[C@@H](COC(=O)CCCCCCC/C=C\CCCCCC)OC(=O)CC/C=C\C/C=C\C/C=C\C/C=C\C/C=C\CCCCC)OC(=O)CC/C=C\C/C=C\C/C=C\C/C=C\C/C=C\C/C=C\CC. The van der Waals surface area contributed by atoms with Crippen LogP contribution < -0.4 is 0 Å². The highest BCUT2D eigenvalue weighted by atomic mass is 31.2. The van der Waals surface area contributed by atoms with E-state index in [1.807, 2.05) is 54.7 Å². The van der Waals surface area contributed by atoms with Gasteiger partial charge < -0.3 is 33.8 Å². The minimum atomic E-state index is -5.04. The first-order chi connectivity index (χ1) is 53.7. The maximum Gasteiger partial charge on any atom is 0.472 e. The van der Waals surface area contributed by atoms with Crippen LogP contribution in [0.25, 0.3) is 0 Å². The number of unbranched alkanes of at least 4 members (excludes halogenated alkanes) is 12. The van der Waals surface area contributed by atoms with Crippen LogP contribution in [0.3, 0.4) is 0 Å². The maximum atomic E-state index is 13.1. The Kier molecular flexibility index (Phi) is 75.6. The van der Waals surface area contributed by atoms with Gasteiger partial charge in [0.1, 0.15) is 19.3 Å². The van der Waals surface area contributed by atoms with Crippen LogP contribution in [-0.4, -0.2) is 96.7 Å². The monoisotopic (exact) mass is 1570 g/mol. The molecule has 0 radical (unpaired) electrons. The smallest absolute Gasteiger partial charge is 0.462 e. The lowest BCUT2D eigenvalue weighted by atomic mass is 10.1. The van der Waals surface area contributed by atoms with Crippen molar-refractivity contribution in [1.82, 2.24) is 0 Å². The third-order valence-electron chi connectivity index (χ3n) is 15.9. The highest BCUT2D eigenvalue weighted by Crippen LogP contribution is 2.45. The molecule has 0 aliphatic carbocycles. The zero-order valence-electron chi connectivity index (χ0n) is 67.6. The molecule has 0 bridgehead atoms. The van der Waals surface area contributed by atoms with Gasteiger partial charge in [0.05, 0.1) is 26.4 Å². The molecule has 0 aliphatic rings. The van der Waals surface area contributed by atoms with Gasteiger partial charge in [-0.25, -0.2) is 9.13 Å². The van der Waals surface area contributed by atoms with E-state index in [9.17, 15) is 43.2 Å². The van der Waals surface area contributed by atoms with Crippen LogP contribution >= 0.6 is 15.6 Å². The molecule has 3 N–H and O–H groups in total. The summed E-state index contributed by atoms with van der Waals surface area (Å²) in [4.78, 5) is 73.0. The molecular formula is C91H142O17P2. The van der Waals surface area contributed by atoms with Crippen molar-refractivity contribution in [3.05, 3.63) is 219 Å². The van der Waals surface area contributed by atoms with Gasteiger partial charge in [-0.15, -0.1) is 0 Å². The Bertz CT molecular complexity index is 2950. The van der Waals surface area contributed by atoms with Crippen molar-refractivity contribution in [1.29, 1.82) is 0 Å². The van der Waals surface area contributed by atoms with E-state index in [2.05, 4.69) is 192 Å². The highest BCUT2D eigenvalue weighted by molar-refractivity contribution is 7.47. The average molecular weight is 1570 g/mol. The van der Waals surface area contributed by atoms with Crippen molar-refractivity contribution in [2.24, 2.45) is 0 Å². The molecule has 0 rings (SSSR count). The summed E-state index contributed by atoms with van der Waals surface area (Å²) in [6.45, 7) is 4.30. The Morgan fingerprint density at radius 3 is 0.809 bits per heavy atom. The van der Waals surface area contributed by atoms with Crippen molar-refractivity contribution in [2.75, 3.05) is 39.6 Å². The third kappa shape index (κ3) is 79.5. The third-order valence-corrected chi connectivity index (χ3v) is 17.8. The average Bonchev–Trinajstić information content (AvgIpc) is 0.906. The molecule has 0 heterocycles. The molecule has 0 fully saturated rings. The highest BCUT2D eigenvalue weighted by Gasteiger charge is 2.30. The van der Waals surface area contributed by atoms with Crippen LogP contribution in [0.2, 0.25) is 0 Å². The first-order valence-corrected chi connectivity index (χ1v) is 44.0. The van der Waals surface area contributed by atoms with E-state index in [4.69, 9.17) is 37.0 Å². The van der Waals surface area contributed by atoms with Gasteiger partial charge in [0.2, 0.25) is 0 Å². The van der Waals surface area contributed by atoms with Gasteiger partial charge in [-0.1, -0.05) is 298 Å². The van der Waals surface area contributed by atoms with E-state index in [0.717, 1.165) is 128 Å². The molecule has 2 unspecified atom stereocenters. The van der Waals surface area contributed by atoms with E-state index >= 15 is 0 Å². The normalized spacial score (nSPS) is 14.9. The number of phosphoric acid groups is 2. The molecule has 0 saturated carbocycles. The molecule has 618 valence electrons. The number of aliphatic hydroxyl groups is 1. The Hall–Kier alpha value is -6.62. The van der Waals surface area contributed by atoms with Gasteiger partial charge in [0.25, 0.3) is 0 Å². The number of ether oxygens (including phenoxy) is 4. The zero-order chi connectivity index (χ0) is 80.3. The Morgan fingerprint density at radius 2 is 0.491 bits per heavy atom. The van der Waals surface area contributed by atoms with Crippen LogP contribution in [0.4, 0.5) is 0 Å². The number of esters is 4. The van der Waals surface area contributed by atoms with Gasteiger partial charge in [0.15, 0.2) is 12.2 Å². The molecule has 0 spiro atoms. The predicted molar refractivity (Wildman–Crippen MR) is 454 cm³/mol.